The minimum absolute atomic E-state index is 0.654. The number of benzene rings is 4. The van der Waals surface area contributed by atoms with Gasteiger partial charge in [-0.05, 0) is 18.2 Å². The van der Waals surface area contributed by atoms with Crippen molar-refractivity contribution in [2.75, 3.05) is 0 Å². The van der Waals surface area contributed by atoms with Crippen LogP contribution in [0.25, 0.3) is 72.4 Å². The fraction of sp³-hybridized carbons (Fsp3) is 0. The number of aromatic amines is 1. The van der Waals surface area contributed by atoms with Crippen molar-refractivity contribution < 1.29 is 0 Å². The van der Waals surface area contributed by atoms with Gasteiger partial charge in [0.25, 0.3) is 0 Å². The van der Waals surface area contributed by atoms with Gasteiger partial charge in [-0.15, -0.1) is 0 Å². The van der Waals surface area contributed by atoms with E-state index in [2.05, 4.69) is 70.2 Å². The molecule has 0 aliphatic carbocycles. The highest BCUT2D eigenvalue weighted by Crippen LogP contribution is 2.40. The number of aromatic nitrogens is 5. The van der Waals surface area contributed by atoms with Crippen LogP contribution < -0.4 is 0 Å². The summed E-state index contributed by atoms with van der Waals surface area (Å²) >= 11 is 0. The van der Waals surface area contributed by atoms with Crippen LogP contribution in [0.15, 0.2) is 121 Å². The van der Waals surface area contributed by atoms with Crippen LogP contribution in [0, 0.1) is 0 Å². The van der Waals surface area contributed by atoms with E-state index in [0.717, 1.165) is 44.1 Å². The highest BCUT2D eigenvalue weighted by atomic mass is 15.0. The molecule has 8 rings (SSSR count). The van der Waals surface area contributed by atoms with Gasteiger partial charge in [-0.1, -0.05) is 97.1 Å². The summed E-state index contributed by atoms with van der Waals surface area (Å²) in [5.41, 5.74) is 7.26. The molecule has 0 fully saturated rings. The molecule has 178 valence electrons. The molecule has 4 aromatic carbocycles. The van der Waals surface area contributed by atoms with E-state index in [4.69, 9.17) is 15.0 Å². The molecule has 0 saturated carbocycles. The van der Waals surface area contributed by atoms with Crippen LogP contribution >= 0.6 is 0 Å². The first kappa shape index (κ1) is 20.9. The van der Waals surface area contributed by atoms with Crippen molar-refractivity contribution in [3.63, 3.8) is 0 Å². The van der Waals surface area contributed by atoms with Crippen LogP contribution in [0.4, 0.5) is 0 Å². The van der Waals surface area contributed by atoms with E-state index in [1.807, 2.05) is 60.7 Å². The Morgan fingerprint density at radius 3 is 1.79 bits per heavy atom. The molecule has 0 aliphatic rings. The van der Waals surface area contributed by atoms with Crippen molar-refractivity contribution >= 4 is 38.2 Å². The summed E-state index contributed by atoms with van der Waals surface area (Å²) < 4.78 is 2.25. The Morgan fingerprint density at radius 1 is 0.500 bits per heavy atom. The fourth-order valence-corrected chi connectivity index (χ4v) is 5.48. The zero-order valence-electron chi connectivity index (χ0n) is 20.3. The van der Waals surface area contributed by atoms with Crippen molar-refractivity contribution in [1.29, 1.82) is 0 Å². The molecule has 0 unspecified atom stereocenters. The van der Waals surface area contributed by atoms with Gasteiger partial charge in [-0.2, -0.15) is 0 Å². The molecule has 1 N–H and O–H groups in total. The highest BCUT2D eigenvalue weighted by molar-refractivity contribution is 6.18. The van der Waals surface area contributed by atoms with Gasteiger partial charge in [0, 0.05) is 39.0 Å². The highest BCUT2D eigenvalue weighted by Gasteiger charge is 2.22. The molecule has 0 bridgehead atoms. The zero-order valence-corrected chi connectivity index (χ0v) is 20.3. The monoisotopic (exact) mass is 487 g/mol. The Kier molecular flexibility index (Phi) is 4.45. The first-order chi connectivity index (χ1) is 18.8. The fourth-order valence-electron chi connectivity index (χ4n) is 5.48. The average Bonchev–Trinajstić information content (AvgIpc) is 3.54. The summed E-state index contributed by atoms with van der Waals surface area (Å²) in [5.74, 6) is 1.96. The van der Waals surface area contributed by atoms with Gasteiger partial charge in [0.15, 0.2) is 17.5 Å². The predicted molar refractivity (Wildman–Crippen MR) is 154 cm³/mol. The minimum Gasteiger partial charge on any atom is -0.353 e. The second-order valence-electron chi connectivity index (χ2n) is 9.42. The average molecular weight is 488 g/mol. The standard InChI is InChI=1S/C33H21N5/c1-3-11-21(12-4-1)31-35-32(22-13-5-2-6-14-22)37-33(36-31)28-25-16-8-10-18-27(25)38-20-19-24-23-15-7-9-17-26(23)34-29(24)30(28)38/h1-20,34H. The van der Waals surface area contributed by atoms with Gasteiger partial charge in [0.05, 0.1) is 22.1 Å². The van der Waals surface area contributed by atoms with E-state index in [-0.39, 0.29) is 0 Å². The third-order valence-corrected chi connectivity index (χ3v) is 7.21. The second kappa shape index (κ2) is 8.11. The number of nitrogens with one attached hydrogen (secondary N) is 1. The topological polar surface area (TPSA) is 58.9 Å². The van der Waals surface area contributed by atoms with Crippen molar-refractivity contribution in [1.82, 2.24) is 24.3 Å². The van der Waals surface area contributed by atoms with Gasteiger partial charge in [0.2, 0.25) is 0 Å². The summed E-state index contributed by atoms with van der Waals surface area (Å²) in [4.78, 5) is 18.8. The number of hydrogen-bond donors (Lipinski definition) is 1. The Balaban J connectivity index is 1.53. The smallest absolute Gasteiger partial charge is 0.166 e. The molecule has 5 nitrogen and oxygen atoms in total. The molecule has 0 atom stereocenters. The second-order valence-corrected chi connectivity index (χ2v) is 9.42. The summed E-state index contributed by atoms with van der Waals surface area (Å²) in [6, 6.07) is 39.3. The molecule has 0 radical (unpaired) electrons. The first-order valence-electron chi connectivity index (χ1n) is 12.6. The summed E-state index contributed by atoms with van der Waals surface area (Å²) in [7, 11) is 0. The summed E-state index contributed by atoms with van der Waals surface area (Å²) in [5, 5.41) is 3.48. The van der Waals surface area contributed by atoms with Crippen molar-refractivity contribution in [2.45, 2.75) is 0 Å². The molecule has 5 heteroatoms. The Hall–Kier alpha value is -5.29. The number of fused-ring (bicyclic) bond motifs is 7. The maximum atomic E-state index is 5.08. The molecule has 0 amide bonds. The molecule has 38 heavy (non-hydrogen) atoms. The van der Waals surface area contributed by atoms with Gasteiger partial charge < -0.3 is 9.38 Å². The lowest BCUT2D eigenvalue weighted by atomic mass is 10.1. The SMILES string of the molecule is c1ccc(-c2nc(-c3ccccc3)nc(-c3c4ccccc4n4ccc5c6ccccc6[nH]c5c34)n2)cc1. The normalized spacial score (nSPS) is 11.7. The molecular formula is C33H21N5. The first-order valence-corrected chi connectivity index (χ1v) is 12.6. The van der Waals surface area contributed by atoms with Crippen molar-refractivity contribution in [2.24, 2.45) is 0 Å². The molecule has 4 aromatic heterocycles. The summed E-state index contributed by atoms with van der Waals surface area (Å²) in [6.07, 6.45) is 2.15. The third-order valence-electron chi connectivity index (χ3n) is 7.21. The molecule has 4 heterocycles. The van der Waals surface area contributed by atoms with Crippen LogP contribution in [0.3, 0.4) is 0 Å². The quantitative estimate of drug-likeness (QED) is 0.275. The molecule has 0 aliphatic heterocycles. The van der Waals surface area contributed by atoms with E-state index in [1.165, 1.54) is 10.8 Å². The van der Waals surface area contributed by atoms with E-state index in [0.29, 0.717) is 17.5 Å². The Bertz CT molecular complexity index is 2060. The third kappa shape index (κ3) is 3.09. The van der Waals surface area contributed by atoms with E-state index in [1.54, 1.807) is 0 Å². The Morgan fingerprint density at radius 2 is 1.08 bits per heavy atom. The number of hydrogen-bond acceptors (Lipinski definition) is 3. The maximum absolute atomic E-state index is 5.08. The molecule has 0 spiro atoms. The lowest BCUT2D eigenvalue weighted by molar-refractivity contribution is 1.08. The number of H-pyrrole nitrogens is 1. The summed E-state index contributed by atoms with van der Waals surface area (Å²) in [6.45, 7) is 0. The van der Waals surface area contributed by atoms with Gasteiger partial charge >= 0.3 is 0 Å². The van der Waals surface area contributed by atoms with Gasteiger partial charge in [-0.3, -0.25) is 0 Å². The van der Waals surface area contributed by atoms with Crippen molar-refractivity contribution in [3.05, 3.63) is 121 Å². The number of pyridine rings is 1. The number of rotatable bonds is 3. The van der Waals surface area contributed by atoms with Crippen LogP contribution in [0.5, 0.6) is 0 Å². The molecule has 8 aromatic rings. The molecule has 0 saturated heterocycles. The van der Waals surface area contributed by atoms with E-state index >= 15 is 0 Å². The minimum atomic E-state index is 0.654. The van der Waals surface area contributed by atoms with Crippen LogP contribution in [-0.2, 0) is 0 Å². The van der Waals surface area contributed by atoms with Gasteiger partial charge in [-0.25, -0.2) is 15.0 Å². The van der Waals surface area contributed by atoms with Crippen LogP contribution in [-0.4, -0.2) is 24.3 Å². The lowest BCUT2D eigenvalue weighted by Crippen LogP contribution is -2.00. The number of para-hydroxylation sites is 2. The number of nitrogens with zero attached hydrogens (tertiary/aromatic N) is 4. The molecular weight excluding hydrogens is 466 g/mol. The van der Waals surface area contributed by atoms with Crippen molar-refractivity contribution in [3.8, 4) is 34.2 Å². The predicted octanol–water partition coefficient (Wildman–Crippen LogP) is 7.91. The van der Waals surface area contributed by atoms with Gasteiger partial charge in [0.1, 0.15) is 0 Å². The van der Waals surface area contributed by atoms with E-state index in [9.17, 15) is 0 Å². The van der Waals surface area contributed by atoms with Crippen LogP contribution in [0.1, 0.15) is 0 Å². The lowest BCUT2D eigenvalue weighted by Gasteiger charge is -2.09. The van der Waals surface area contributed by atoms with E-state index < -0.39 is 0 Å². The van der Waals surface area contributed by atoms with Crippen LogP contribution in [0.2, 0.25) is 0 Å². The maximum Gasteiger partial charge on any atom is 0.166 e. The zero-order chi connectivity index (χ0) is 25.1. The largest absolute Gasteiger partial charge is 0.353 e. The Labute approximate surface area is 218 Å².